The van der Waals surface area contributed by atoms with E-state index in [1.54, 1.807) is 30.3 Å². The molecule has 0 atom stereocenters. The third-order valence-electron chi connectivity index (χ3n) is 2.99. The van der Waals surface area contributed by atoms with Crippen LogP contribution >= 0.6 is 12.2 Å². The number of carbonyl (C=O) groups excluding carboxylic acids is 1. The Morgan fingerprint density at radius 1 is 1.13 bits per heavy atom. The Kier molecular flexibility index (Phi) is 3.98. The van der Waals surface area contributed by atoms with Crippen LogP contribution in [0.5, 0.6) is 0 Å². The summed E-state index contributed by atoms with van der Waals surface area (Å²) in [5, 5.41) is 14.3. The molecule has 1 heterocycles. The van der Waals surface area contributed by atoms with Crippen LogP contribution in [0.3, 0.4) is 0 Å². The lowest BCUT2D eigenvalue weighted by Gasteiger charge is -2.07. The number of amides is 1. The average Bonchev–Trinajstić information content (AvgIpc) is 2.90. The molecule has 6 nitrogen and oxygen atoms in total. The minimum absolute atomic E-state index is 0.211. The first-order chi connectivity index (χ1) is 11.0. The normalized spacial score (nSPS) is 10.5. The molecular formula is C15H12FN5OS. The number of rotatable bonds is 2. The number of halogens is 1. The third kappa shape index (κ3) is 3.49. The first-order valence-electron chi connectivity index (χ1n) is 6.73. The quantitative estimate of drug-likeness (QED) is 0.707. The van der Waals surface area contributed by atoms with Crippen molar-refractivity contribution in [2.45, 2.75) is 6.92 Å². The predicted octanol–water partition coefficient (Wildman–Crippen LogP) is 2.39. The van der Waals surface area contributed by atoms with Crippen LogP contribution in [0.15, 0.2) is 42.5 Å². The van der Waals surface area contributed by atoms with Gasteiger partial charge in [-0.05, 0) is 54.7 Å². The van der Waals surface area contributed by atoms with Gasteiger partial charge in [0.25, 0.3) is 0 Å². The van der Waals surface area contributed by atoms with Gasteiger partial charge in [-0.25, -0.2) is 4.39 Å². The molecule has 0 spiro atoms. The van der Waals surface area contributed by atoms with Gasteiger partial charge < -0.3 is 10.6 Å². The summed E-state index contributed by atoms with van der Waals surface area (Å²) >= 11 is 5.01. The predicted molar refractivity (Wildman–Crippen MR) is 88.9 cm³/mol. The standard InChI is InChI=1S/C15H12FN5OS/c1-9(22)17-15(23)18-11-4-7-13-14(8-11)20-21(19-13)12-5-2-10(16)3-6-12/h2-8H,1H3,(H2,17,18,22,23). The van der Waals surface area contributed by atoms with Crippen molar-refractivity contribution in [2.24, 2.45) is 0 Å². The molecule has 23 heavy (non-hydrogen) atoms. The second-order valence-electron chi connectivity index (χ2n) is 4.80. The van der Waals surface area contributed by atoms with E-state index in [9.17, 15) is 9.18 Å². The molecule has 0 aliphatic carbocycles. The number of anilines is 1. The van der Waals surface area contributed by atoms with E-state index in [4.69, 9.17) is 12.2 Å². The maximum Gasteiger partial charge on any atom is 0.222 e. The lowest BCUT2D eigenvalue weighted by Crippen LogP contribution is -2.32. The Labute approximate surface area is 136 Å². The van der Waals surface area contributed by atoms with E-state index in [1.165, 1.54) is 23.9 Å². The van der Waals surface area contributed by atoms with Crippen LogP contribution in [0.1, 0.15) is 6.92 Å². The summed E-state index contributed by atoms with van der Waals surface area (Å²) < 4.78 is 13.0. The van der Waals surface area contributed by atoms with Gasteiger partial charge in [-0.1, -0.05) is 0 Å². The number of carbonyl (C=O) groups is 1. The Morgan fingerprint density at radius 2 is 1.83 bits per heavy atom. The molecule has 3 rings (SSSR count). The zero-order valence-electron chi connectivity index (χ0n) is 12.1. The van der Waals surface area contributed by atoms with Gasteiger partial charge in [-0.3, -0.25) is 4.79 Å². The Morgan fingerprint density at radius 3 is 2.52 bits per heavy atom. The van der Waals surface area contributed by atoms with Crippen LogP contribution in [-0.2, 0) is 4.79 Å². The van der Waals surface area contributed by atoms with Crippen LogP contribution < -0.4 is 10.6 Å². The topological polar surface area (TPSA) is 71.8 Å². The zero-order chi connectivity index (χ0) is 16.4. The number of aromatic nitrogens is 3. The molecular weight excluding hydrogens is 317 g/mol. The fraction of sp³-hybridized carbons (Fsp3) is 0.0667. The number of hydrogen-bond donors (Lipinski definition) is 2. The minimum Gasteiger partial charge on any atom is -0.332 e. The first kappa shape index (κ1) is 15.0. The van der Waals surface area contributed by atoms with Crippen molar-refractivity contribution in [3.63, 3.8) is 0 Å². The lowest BCUT2D eigenvalue weighted by molar-refractivity contribution is -0.117. The Bertz CT molecular complexity index is 891. The molecule has 0 fully saturated rings. The maximum absolute atomic E-state index is 13.0. The highest BCUT2D eigenvalue weighted by Gasteiger charge is 2.07. The van der Waals surface area contributed by atoms with Gasteiger partial charge in [0.1, 0.15) is 16.9 Å². The van der Waals surface area contributed by atoms with E-state index in [1.807, 2.05) is 0 Å². The largest absolute Gasteiger partial charge is 0.332 e. The maximum atomic E-state index is 13.0. The smallest absolute Gasteiger partial charge is 0.222 e. The molecule has 0 saturated carbocycles. The van der Waals surface area contributed by atoms with Crippen LogP contribution in [-0.4, -0.2) is 26.0 Å². The van der Waals surface area contributed by atoms with Crippen molar-refractivity contribution in [3.8, 4) is 5.69 Å². The van der Waals surface area contributed by atoms with Gasteiger partial charge in [0, 0.05) is 12.6 Å². The zero-order valence-corrected chi connectivity index (χ0v) is 12.9. The molecule has 0 unspecified atom stereocenters. The van der Waals surface area contributed by atoms with Crippen molar-refractivity contribution < 1.29 is 9.18 Å². The van der Waals surface area contributed by atoms with Crippen LogP contribution in [0.25, 0.3) is 16.7 Å². The number of fused-ring (bicyclic) bond motifs is 1. The summed E-state index contributed by atoms with van der Waals surface area (Å²) in [7, 11) is 0. The second kappa shape index (κ2) is 6.09. The molecule has 0 saturated heterocycles. The second-order valence-corrected chi connectivity index (χ2v) is 5.21. The van der Waals surface area contributed by atoms with Crippen LogP contribution in [0.2, 0.25) is 0 Å². The molecule has 0 aliphatic heterocycles. The van der Waals surface area contributed by atoms with Crippen molar-refractivity contribution >= 4 is 40.0 Å². The van der Waals surface area contributed by atoms with Gasteiger partial charge in [0.05, 0.1) is 5.69 Å². The van der Waals surface area contributed by atoms with Crippen molar-refractivity contribution in [3.05, 3.63) is 48.3 Å². The highest BCUT2D eigenvalue weighted by Crippen LogP contribution is 2.17. The van der Waals surface area contributed by atoms with Gasteiger partial charge in [-0.2, -0.15) is 4.80 Å². The highest BCUT2D eigenvalue weighted by atomic mass is 32.1. The van der Waals surface area contributed by atoms with Gasteiger partial charge >= 0.3 is 0 Å². The lowest BCUT2D eigenvalue weighted by atomic mass is 10.3. The molecule has 0 radical (unpaired) electrons. The van der Waals surface area contributed by atoms with E-state index < -0.39 is 0 Å². The first-order valence-corrected chi connectivity index (χ1v) is 7.14. The summed E-state index contributed by atoms with van der Waals surface area (Å²) in [5.41, 5.74) is 2.67. The summed E-state index contributed by atoms with van der Waals surface area (Å²) in [4.78, 5) is 12.4. The summed E-state index contributed by atoms with van der Waals surface area (Å²) in [5.74, 6) is -0.561. The van der Waals surface area contributed by atoms with Crippen LogP contribution in [0, 0.1) is 5.82 Å². The number of thiocarbonyl (C=S) groups is 1. The highest BCUT2D eigenvalue weighted by molar-refractivity contribution is 7.80. The SMILES string of the molecule is CC(=O)NC(=S)Nc1ccc2nn(-c3ccc(F)cc3)nc2c1. The van der Waals surface area contributed by atoms with Crippen molar-refractivity contribution in [1.29, 1.82) is 0 Å². The molecule has 2 aromatic carbocycles. The number of benzene rings is 2. The fourth-order valence-electron chi connectivity index (χ4n) is 2.00. The van der Waals surface area contributed by atoms with E-state index in [-0.39, 0.29) is 16.8 Å². The summed E-state index contributed by atoms with van der Waals surface area (Å²) in [6.07, 6.45) is 0. The van der Waals surface area contributed by atoms with E-state index >= 15 is 0 Å². The van der Waals surface area contributed by atoms with Gasteiger partial charge in [0.2, 0.25) is 5.91 Å². The average molecular weight is 329 g/mol. The number of nitrogens with zero attached hydrogens (tertiary/aromatic N) is 3. The number of nitrogens with one attached hydrogen (secondary N) is 2. The molecule has 3 aromatic rings. The third-order valence-corrected chi connectivity index (χ3v) is 3.19. The molecule has 116 valence electrons. The fourth-order valence-corrected chi connectivity index (χ4v) is 2.27. The van der Waals surface area contributed by atoms with Gasteiger partial charge in [0.15, 0.2) is 5.11 Å². The van der Waals surface area contributed by atoms with E-state index in [0.717, 1.165) is 0 Å². The van der Waals surface area contributed by atoms with Gasteiger partial charge in [-0.15, -0.1) is 10.2 Å². The minimum atomic E-state index is -0.316. The monoisotopic (exact) mass is 329 g/mol. The van der Waals surface area contributed by atoms with Crippen molar-refractivity contribution in [1.82, 2.24) is 20.3 Å². The van der Waals surface area contributed by atoms with Crippen LogP contribution in [0.4, 0.5) is 10.1 Å². The molecule has 1 amide bonds. The summed E-state index contributed by atoms with van der Waals surface area (Å²) in [6, 6.07) is 11.2. The Balaban J connectivity index is 1.87. The molecule has 0 bridgehead atoms. The molecule has 8 heteroatoms. The van der Waals surface area contributed by atoms with E-state index in [0.29, 0.717) is 22.4 Å². The van der Waals surface area contributed by atoms with Crippen molar-refractivity contribution in [2.75, 3.05) is 5.32 Å². The molecule has 1 aromatic heterocycles. The molecule has 0 aliphatic rings. The molecule has 2 N–H and O–H groups in total. The summed E-state index contributed by atoms with van der Waals surface area (Å²) in [6.45, 7) is 1.38. The number of hydrogen-bond acceptors (Lipinski definition) is 4. The Hall–Kier alpha value is -2.87. The van der Waals surface area contributed by atoms with E-state index in [2.05, 4.69) is 20.8 Å².